The van der Waals surface area contributed by atoms with Gasteiger partial charge >= 0.3 is 7.12 Å². The topological polar surface area (TPSA) is 82.5 Å². The van der Waals surface area contributed by atoms with E-state index in [0.717, 1.165) is 42.2 Å². The summed E-state index contributed by atoms with van der Waals surface area (Å²) in [7, 11) is 1.05. The van der Waals surface area contributed by atoms with E-state index in [1.165, 1.54) is 4.57 Å². The normalized spacial score (nSPS) is 18.2. The van der Waals surface area contributed by atoms with Gasteiger partial charge in [-0.2, -0.15) is 0 Å². The molecule has 1 atom stereocenters. The fourth-order valence-corrected chi connectivity index (χ4v) is 3.99. The van der Waals surface area contributed by atoms with Gasteiger partial charge in [-0.1, -0.05) is 32.8 Å². The predicted molar refractivity (Wildman–Crippen MR) is 128 cm³/mol. The zero-order valence-corrected chi connectivity index (χ0v) is 20.4. The van der Waals surface area contributed by atoms with Crippen LogP contribution in [0.1, 0.15) is 66.4 Å². The lowest BCUT2D eigenvalue weighted by Gasteiger charge is -2.32. The van der Waals surface area contributed by atoms with E-state index < -0.39 is 18.3 Å². The maximum Gasteiger partial charge on any atom is 0.494 e. The van der Waals surface area contributed by atoms with Gasteiger partial charge in [0, 0.05) is 13.6 Å². The summed E-state index contributed by atoms with van der Waals surface area (Å²) in [6, 6.07) is 3.92. The molecule has 2 heterocycles. The number of hydrogen-bond donors (Lipinski definition) is 1. The average molecular weight is 441 g/mol. The molecule has 32 heavy (non-hydrogen) atoms. The van der Waals surface area contributed by atoms with E-state index in [2.05, 4.69) is 23.3 Å². The Bertz CT molecular complexity index is 1030. The molecule has 0 aliphatic carbocycles. The average Bonchev–Trinajstić information content (AvgIpc) is 2.96. The number of nitrogens with zero attached hydrogens (tertiary/aromatic N) is 2. The molecule has 2 aromatic rings. The molecule has 1 aliphatic heterocycles. The number of unbranched alkanes of at least 4 members (excludes halogenated alkanes) is 2. The van der Waals surface area contributed by atoms with Gasteiger partial charge in [-0.3, -0.25) is 14.2 Å². The van der Waals surface area contributed by atoms with Crippen molar-refractivity contribution in [1.82, 2.24) is 14.9 Å². The number of carbonyl (C=O) groups excluding carboxylic acids is 1. The van der Waals surface area contributed by atoms with Crippen LogP contribution in [0.2, 0.25) is 0 Å². The number of aromatic nitrogens is 2. The van der Waals surface area contributed by atoms with Crippen molar-refractivity contribution in [3.63, 3.8) is 0 Å². The number of fused-ring (bicyclic) bond motifs is 1. The molecule has 7 nitrogen and oxygen atoms in total. The van der Waals surface area contributed by atoms with Crippen molar-refractivity contribution in [2.24, 2.45) is 5.92 Å². The van der Waals surface area contributed by atoms with Gasteiger partial charge < -0.3 is 14.6 Å². The van der Waals surface area contributed by atoms with E-state index >= 15 is 0 Å². The van der Waals surface area contributed by atoms with E-state index in [1.807, 2.05) is 33.8 Å². The van der Waals surface area contributed by atoms with E-state index in [0.29, 0.717) is 5.39 Å². The standard InChI is InChI=1S/C24H36BN3O4/c1-8-9-10-11-17-12-18(25-31-23(3,4)24(5,6)32-25)13-19-20(17)27-15-28(22(19)30)14-16(2)21(29)26-7/h12-13,15-16H,8-11,14H2,1-7H3,(H,26,29). The highest BCUT2D eigenvalue weighted by Gasteiger charge is 2.51. The first-order valence-electron chi connectivity index (χ1n) is 11.6. The fraction of sp³-hybridized carbons (Fsp3) is 0.625. The van der Waals surface area contributed by atoms with Gasteiger partial charge in [0.15, 0.2) is 0 Å². The Kier molecular flexibility index (Phi) is 7.15. The number of benzene rings is 1. The van der Waals surface area contributed by atoms with Crippen molar-refractivity contribution < 1.29 is 14.1 Å². The summed E-state index contributed by atoms with van der Waals surface area (Å²) >= 11 is 0. The number of nitrogens with one attached hydrogen (secondary N) is 1. The molecule has 1 unspecified atom stereocenters. The SMILES string of the molecule is CCCCCc1cc(B2OC(C)(C)C(C)(C)O2)cc2c(=O)n(CC(C)C(=O)NC)cnc12. The monoisotopic (exact) mass is 441 g/mol. The Morgan fingerprint density at radius 2 is 1.84 bits per heavy atom. The van der Waals surface area contributed by atoms with Gasteiger partial charge in [0.2, 0.25) is 5.91 Å². The van der Waals surface area contributed by atoms with Crippen molar-refractivity contribution in [2.45, 2.75) is 85.0 Å². The molecule has 0 radical (unpaired) electrons. The van der Waals surface area contributed by atoms with Crippen molar-refractivity contribution in [3.8, 4) is 0 Å². The number of carbonyl (C=O) groups is 1. The van der Waals surface area contributed by atoms with Gasteiger partial charge in [0.05, 0.1) is 34.4 Å². The molecule has 8 heteroatoms. The third-order valence-corrected chi connectivity index (χ3v) is 6.77. The van der Waals surface area contributed by atoms with Crippen molar-refractivity contribution in [1.29, 1.82) is 0 Å². The molecule has 1 aromatic heterocycles. The second kappa shape index (κ2) is 9.36. The van der Waals surface area contributed by atoms with Gasteiger partial charge in [0.25, 0.3) is 5.56 Å². The lowest BCUT2D eigenvalue weighted by atomic mass is 9.77. The largest absolute Gasteiger partial charge is 0.494 e. The number of aryl methyl sites for hydroxylation is 1. The van der Waals surface area contributed by atoms with Crippen molar-refractivity contribution in [3.05, 3.63) is 34.4 Å². The zero-order valence-electron chi connectivity index (χ0n) is 20.4. The molecule has 1 fully saturated rings. The summed E-state index contributed by atoms with van der Waals surface area (Å²) in [4.78, 5) is 30.0. The van der Waals surface area contributed by atoms with Crippen LogP contribution in [0, 0.1) is 5.92 Å². The van der Waals surface area contributed by atoms with Gasteiger partial charge in [-0.15, -0.1) is 0 Å². The molecular formula is C24H36BN3O4. The molecule has 0 saturated carbocycles. The number of hydrogen-bond acceptors (Lipinski definition) is 5. The first-order valence-corrected chi connectivity index (χ1v) is 11.6. The highest BCUT2D eigenvalue weighted by Crippen LogP contribution is 2.36. The second-order valence-electron chi connectivity index (χ2n) is 9.84. The minimum absolute atomic E-state index is 0.108. The van der Waals surface area contributed by atoms with Crippen molar-refractivity contribution >= 4 is 29.4 Å². The van der Waals surface area contributed by atoms with E-state index in [1.54, 1.807) is 20.3 Å². The molecule has 0 spiro atoms. The van der Waals surface area contributed by atoms with Gasteiger partial charge in [-0.25, -0.2) is 4.98 Å². The summed E-state index contributed by atoms with van der Waals surface area (Å²) in [6.07, 6.45) is 5.65. The Labute approximate surface area is 191 Å². The van der Waals surface area contributed by atoms with Crippen LogP contribution in [0.5, 0.6) is 0 Å². The predicted octanol–water partition coefficient (Wildman–Crippen LogP) is 2.81. The summed E-state index contributed by atoms with van der Waals surface area (Å²) in [6.45, 7) is 12.3. The van der Waals surface area contributed by atoms with Crippen LogP contribution in [0.3, 0.4) is 0 Å². The molecule has 3 rings (SSSR count). The van der Waals surface area contributed by atoms with Crippen LogP contribution in [-0.4, -0.2) is 40.8 Å². The van der Waals surface area contributed by atoms with Gasteiger partial charge in [-0.05, 0) is 57.6 Å². The maximum atomic E-state index is 13.4. The van der Waals surface area contributed by atoms with Crippen LogP contribution in [0.15, 0.2) is 23.3 Å². The number of rotatable bonds is 8. The molecule has 174 valence electrons. The van der Waals surface area contributed by atoms with E-state index in [4.69, 9.17) is 9.31 Å². The third kappa shape index (κ3) is 4.76. The smallest absolute Gasteiger partial charge is 0.399 e. The molecule has 1 aromatic carbocycles. The highest BCUT2D eigenvalue weighted by molar-refractivity contribution is 6.62. The summed E-state index contributed by atoms with van der Waals surface area (Å²) in [5, 5.41) is 3.17. The van der Waals surface area contributed by atoms with Gasteiger partial charge in [0.1, 0.15) is 0 Å². The summed E-state index contributed by atoms with van der Waals surface area (Å²) < 4.78 is 14.0. The fourth-order valence-electron chi connectivity index (χ4n) is 3.99. The Balaban J connectivity index is 2.07. The van der Waals surface area contributed by atoms with Crippen LogP contribution < -0.4 is 16.3 Å². The lowest BCUT2D eigenvalue weighted by Crippen LogP contribution is -2.41. The zero-order chi connectivity index (χ0) is 23.7. The van der Waals surface area contributed by atoms with Crippen LogP contribution in [0.25, 0.3) is 10.9 Å². The Morgan fingerprint density at radius 1 is 1.19 bits per heavy atom. The number of amides is 1. The minimum atomic E-state index is -0.549. The molecule has 1 N–H and O–H groups in total. The molecule has 1 saturated heterocycles. The van der Waals surface area contributed by atoms with E-state index in [9.17, 15) is 9.59 Å². The lowest BCUT2D eigenvalue weighted by molar-refractivity contribution is -0.124. The quantitative estimate of drug-likeness (QED) is 0.503. The molecule has 0 bridgehead atoms. The van der Waals surface area contributed by atoms with Crippen LogP contribution in [0.4, 0.5) is 0 Å². The molecule has 1 aliphatic rings. The Hall–Kier alpha value is -2.19. The molecular weight excluding hydrogens is 405 g/mol. The summed E-state index contributed by atoms with van der Waals surface area (Å²) in [5.74, 6) is -0.449. The second-order valence-corrected chi connectivity index (χ2v) is 9.84. The first kappa shape index (κ1) is 24.5. The third-order valence-electron chi connectivity index (χ3n) is 6.77. The molecule has 1 amide bonds. The van der Waals surface area contributed by atoms with E-state index in [-0.39, 0.29) is 23.9 Å². The highest BCUT2D eigenvalue weighted by atomic mass is 16.7. The first-order chi connectivity index (χ1) is 15.0. The van der Waals surface area contributed by atoms with Crippen LogP contribution in [-0.2, 0) is 27.1 Å². The maximum absolute atomic E-state index is 13.4. The van der Waals surface area contributed by atoms with Crippen LogP contribution >= 0.6 is 0 Å². The Morgan fingerprint density at radius 3 is 2.44 bits per heavy atom. The van der Waals surface area contributed by atoms with Crippen molar-refractivity contribution in [2.75, 3.05) is 7.05 Å². The minimum Gasteiger partial charge on any atom is -0.399 e. The summed E-state index contributed by atoms with van der Waals surface area (Å²) in [5.41, 5.74) is 1.50.